The van der Waals surface area contributed by atoms with Crippen molar-refractivity contribution in [3.05, 3.63) is 36.9 Å². The Hall–Kier alpha value is -1.77. The molecule has 0 saturated carbocycles. The lowest BCUT2D eigenvalue weighted by atomic mass is 10.2. The number of anilines is 1. The van der Waals surface area contributed by atoms with Crippen LogP contribution in [0.5, 0.6) is 5.75 Å². The Morgan fingerprint density at radius 3 is 2.64 bits per heavy atom. The summed E-state index contributed by atoms with van der Waals surface area (Å²) in [6.45, 7) is 3.54. The maximum absolute atomic E-state index is 11.2. The van der Waals surface area contributed by atoms with Gasteiger partial charge in [0.15, 0.2) is 0 Å². The molecule has 3 heteroatoms. The normalized spacial score (nSPS) is 9.43. The van der Waals surface area contributed by atoms with E-state index >= 15 is 0 Å². The van der Waals surface area contributed by atoms with Crippen molar-refractivity contribution in [2.75, 3.05) is 5.32 Å². The van der Waals surface area contributed by atoms with E-state index in [-0.39, 0.29) is 11.7 Å². The second-order valence-electron chi connectivity index (χ2n) is 2.92. The topological polar surface area (TPSA) is 49.3 Å². The van der Waals surface area contributed by atoms with E-state index < -0.39 is 0 Å². The van der Waals surface area contributed by atoms with Gasteiger partial charge >= 0.3 is 0 Å². The average molecular weight is 191 g/mol. The summed E-state index contributed by atoms with van der Waals surface area (Å²) >= 11 is 0. The molecule has 0 aromatic heterocycles. The fraction of sp³-hybridized carbons (Fsp3) is 0.182. The summed E-state index contributed by atoms with van der Waals surface area (Å²) in [7, 11) is 0. The van der Waals surface area contributed by atoms with E-state index in [1.165, 1.54) is 12.1 Å². The molecule has 0 aliphatic heterocycles. The highest BCUT2D eigenvalue weighted by atomic mass is 16.3. The smallest absolute Gasteiger partial charge is 0.224 e. The van der Waals surface area contributed by atoms with Gasteiger partial charge in [0, 0.05) is 12.1 Å². The lowest BCUT2D eigenvalue weighted by Gasteiger charge is -2.03. The number of carbonyl (C=O) groups excluding carboxylic acids is 1. The summed E-state index contributed by atoms with van der Waals surface area (Å²) < 4.78 is 0. The Morgan fingerprint density at radius 1 is 1.43 bits per heavy atom. The summed E-state index contributed by atoms with van der Waals surface area (Å²) in [6, 6.07) is 6.37. The Kier molecular flexibility index (Phi) is 3.73. The molecule has 0 saturated heterocycles. The molecule has 1 aromatic carbocycles. The van der Waals surface area contributed by atoms with Crippen LogP contribution in [0.4, 0.5) is 5.69 Å². The molecule has 0 aliphatic carbocycles. The van der Waals surface area contributed by atoms with E-state index in [1.807, 2.05) is 0 Å². The van der Waals surface area contributed by atoms with Crippen molar-refractivity contribution in [3.8, 4) is 5.75 Å². The number of rotatable bonds is 4. The second-order valence-corrected chi connectivity index (χ2v) is 2.92. The summed E-state index contributed by atoms with van der Waals surface area (Å²) in [5.74, 6) is 0.143. The van der Waals surface area contributed by atoms with Crippen LogP contribution in [0.25, 0.3) is 0 Å². The van der Waals surface area contributed by atoms with E-state index in [4.69, 9.17) is 5.11 Å². The molecule has 14 heavy (non-hydrogen) atoms. The van der Waals surface area contributed by atoms with Crippen LogP contribution in [0.1, 0.15) is 12.8 Å². The largest absolute Gasteiger partial charge is 0.508 e. The maximum Gasteiger partial charge on any atom is 0.224 e. The first kappa shape index (κ1) is 10.3. The highest BCUT2D eigenvalue weighted by Crippen LogP contribution is 2.13. The number of allylic oxidation sites excluding steroid dienone is 1. The first-order chi connectivity index (χ1) is 6.72. The fourth-order valence-electron chi connectivity index (χ4n) is 1.00. The molecule has 74 valence electrons. The summed E-state index contributed by atoms with van der Waals surface area (Å²) in [5, 5.41) is 11.7. The zero-order chi connectivity index (χ0) is 10.4. The molecule has 3 nitrogen and oxygen atoms in total. The third-order valence-electron chi connectivity index (χ3n) is 1.73. The van der Waals surface area contributed by atoms with Gasteiger partial charge in [0.2, 0.25) is 5.91 Å². The SMILES string of the molecule is C=CCCC(=O)Nc1ccc(O)cc1. The second kappa shape index (κ2) is 5.07. The van der Waals surface area contributed by atoms with Gasteiger partial charge in [-0.1, -0.05) is 6.08 Å². The molecule has 0 bridgehead atoms. The highest BCUT2D eigenvalue weighted by Gasteiger charge is 1.99. The first-order valence-corrected chi connectivity index (χ1v) is 4.42. The van der Waals surface area contributed by atoms with E-state index in [1.54, 1.807) is 18.2 Å². The van der Waals surface area contributed by atoms with Gasteiger partial charge in [0.1, 0.15) is 5.75 Å². The van der Waals surface area contributed by atoms with E-state index in [2.05, 4.69) is 11.9 Å². The van der Waals surface area contributed by atoms with Crippen LogP contribution in [0.3, 0.4) is 0 Å². The van der Waals surface area contributed by atoms with Crippen LogP contribution in [-0.4, -0.2) is 11.0 Å². The third kappa shape index (κ3) is 3.31. The maximum atomic E-state index is 11.2. The number of phenols is 1. The molecule has 0 spiro atoms. The zero-order valence-corrected chi connectivity index (χ0v) is 7.86. The predicted molar refractivity (Wildman–Crippen MR) is 56.2 cm³/mol. The van der Waals surface area contributed by atoms with Crippen LogP contribution < -0.4 is 5.32 Å². The monoisotopic (exact) mass is 191 g/mol. The molecule has 1 aromatic rings. The molecule has 0 fully saturated rings. The lowest BCUT2D eigenvalue weighted by Crippen LogP contribution is -2.10. The van der Waals surface area contributed by atoms with Crippen LogP contribution >= 0.6 is 0 Å². The standard InChI is InChI=1S/C11H13NO2/c1-2-3-4-11(14)12-9-5-7-10(13)8-6-9/h2,5-8,13H,1,3-4H2,(H,12,14). The van der Waals surface area contributed by atoms with Gasteiger partial charge in [-0.3, -0.25) is 4.79 Å². The zero-order valence-electron chi connectivity index (χ0n) is 7.86. The fourth-order valence-corrected chi connectivity index (χ4v) is 1.00. The van der Waals surface area contributed by atoms with Crippen molar-refractivity contribution < 1.29 is 9.90 Å². The average Bonchev–Trinajstić information content (AvgIpc) is 2.18. The minimum absolute atomic E-state index is 0.0458. The number of nitrogens with one attached hydrogen (secondary N) is 1. The Bertz CT molecular complexity index is 317. The van der Waals surface area contributed by atoms with Crippen LogP contribution in [0.15, 0.2) is 36.9 Å². The van der Waals surface area contributed by atoms with Gasteiger partial charge in [-0.2, -0.15) is 0 Å². The van der Waals surface area contributed by atoms with Crippen molar-refractivity contribution in [2.24, 2.45) is 0 Å². The Balaban J connectivity index is 2.47. The van der Waals surface area contributed by atoms with Crippen molar-refractivity contribution in [3.63, 3.8) is 0 Å². The predicted octanol–water partition coefficient (Wildman–Crippen LogP) is 2.30. The van der Waals surface area contributed by atoms with Gasteiger partial charge in [-0.25, -0.2) is 0 Å². The van der Waals surface area contributed by atoms with E-state index in [0.29, 0.717) is 18.5 Å². The number of hydrogen-bond donors (Lipinski definition) is 2. The minimum Gasteiger partial charge on any atom is -0.508 e. The first-order valence-electron chi connectivity index (χ1n) is 4.42. The van der Waals surface area contributed by atoms with Crippen molar-refractivity contribution in [1.82, 2.24) is 0 Å². The van der Waals surface area contributed by atoms with Gasteiger partial charge in [0.05, 0.1) is 0 Å². The Labute approximate surface area is 83.1 Å². The molecule has 2 N–H and O–H groups in total. The molecule has 0 aliphatic rings. The molecule has 1 amide bonds. The summed E-state index contributed by atoms with van der Waals surface area (Å²) in [5.41, 5.74) is 0.692. The summed E-state index contributed by atoms with van der Waals surface area (Å²) in [4.78, 5) is 11.2. The molecular weight excluding hydrogens is 178 g/mol. The van der Waals surface area contributed by atoms with E-state index in [9.17, 15) is 4.79 Å². The van der Waals surface area contributed by atoms with Crippen LogP contribution in [-0.2, 0) is 4.79 Å². The molecular formula is C11H13NO2. The van der Waals surface area contributed by atoms with E-state index in [0.717, 1.165) is 0 Å². The van der Waals surface area contributed by atoms with Gasteiger partial charge < -0.3 is 10.4 Å². The highest BCUT2D eigenvalue weighted by molar-refractivity contribution is 5.90. The van der Waals surface area contributed by atoms with Gasteiger partial charge in [-0.15, -0.1) is 6.58 Å². The van der Waals surface area contributed by atoms with Crippen LogP contribution in [0, 0.1) is 0 Å². The van der Waals surface area contributed by atoms with Crippen molar-refractivity contribution >= 4 is 11.6 Å². The van der Waals surface area contributed by atoms with Gasteiger partial charge in [0.25, 0.3) is 0 Å². The molecule has 0 heterocycles. The third-order valence-corrected chi connectivity index (χ3v) is 1.73. The minimum atomic E-state index is -0.0458. The number of aromatic hydroxyl groups is 1. The molecule has 0 radical (unpaired) electrons. The molecule has 1 rings (SSSR count). The number of amides is 1. The summed E-state index contributed by atoms with van der Waals surface area (Å²) in [6.07, 6.45) is 2.81. The van der Waals surface area contributed by atoms with Crippen molar-refractivity contribution in [2.45, 2.75) is 12.8 Å². The number of carbonyl (C=O) groups is 1. The van der Waals surface area contributed by atoms with Crippen LogP contribution in [0.2, 0.25) is 0 Å². The quantitative estimate of drug-likeness (QED) is 0.566. The molecule has 0 atom stereocenters. The lowest BCUT2D eigenvalue weighted by molar-refractivity contribution is -0.116. The number of phenolic OH excluding ortho intramolecular Hbond substituents is 1. The molecule has 0 unspecified atom stereocenters. The number of hydrogen-bond acceptors (Lipinski definition) is 2. The van der Waals surface area contributed by atoms with Gasteiger partial charge in [-0.05, 0) is 30.7 Å². The number of benzene rings is 1. The van der Waals surface area contributed by atoms with Crippen molar-refractivity contribution in [1.29, 1.82) is 0 Å². The Morgan fingerprint density at radius 2 is 2.07 bits per heavy atom.